The highest BCUT2D eigenvalue weighted by atomic mass is 35.5. The summed E-state index contributed by atoms with van der Waals surface area (Å²) >= 11 is 6.28. The molecule has 3 aromatic carbocycles. The third kappa shape index (κ3) is 10.2. The number of urea groups is 1. The molecule has 0 aliphatic carbocycles. The molecule has 3 aromatic rings. The van der Waals surface area contributed by atoms with Crippen LogP contribution in [-0.2, 0) is 16.6 Å². The monoisotopic (exact) mass is 656 g/mol. The van der Waals surface area contributed by atoms with Crippen molar-refractivity contribution >= 4 is 51.4 Å². The van der Waals surface area contributed by atoms with Crippen LogP contribution < -0.4 is 14.8 Å². The van der Waals surface area contributed by atoms with Crippen LogP contribution in [0.1, 0.15) is 38.2 Å². The number of nitrogens with zero attached hydrogens (tertiary/aromatic N) is 2. The van der Waals surface area contributed by atoms with Gasteiger partial charge >= 0.3 is 6.03 Å². The first-order valence-electron chi connectivity index (χ1n) is 13.8. The van der Waals surface area contributed by atoms with E-state index in [-0.39, 0.29) is 35.2 Å². The number of nitrogens with one attached hydrogen (secondary N) is 2. The van der Waals surface area contributed by atoms with Crippen molar-refractivity contribution in [1.82, 2.24) is 9.80 Å². The molecule has 0 saturated carbocycles. The molecule has 2 amide bonds. The van der Waals surface area contributed by atoms with Crippen molar-refractivity contribution in [3.05, 3.63) is 82.9 Å². The SMILES string of the molecule is CCCCN(C(=O)Nc1ccc(F)cc1F)C1CCN(Cc2ccc(Oc3ccc(NS(C)(=O)=O)cc3Cl)cc2)CC1.Cl. The minimum absolute atomic E-state index is 0. The molecule has 0 aromatic heterocycles. The standard InChI is InChI=1S/C30H35ClF2N4O4S.ClH/c1-3-4-15-37(30(38)34-28-11-7-22(32)18-27(28)33)24-13-16-36(17-14-24)20-21-5-9-25(10-6-21)41-29-12-8-23(19-26(29)31)35-42(2,39)40;/h5-12,18-19,24,35H,3-4,13-17,20H2,1-2H3,(H,34,38);1H. The Labute approximate surface area is 262 Å². The van der Waals surface area contributed by atoms with Crippen LogP contribution in [-0.4, -0.2) is 56.2 Å². The largest absolute Gasteiger partial charge is 0.456 e. The highest BCUT2D eigenvalue weighted by Crippen LogP contribution is 2.32. The number of hydrogen-bond acceptors (Lipinski definition) is 5. The van der Waals surface area contributed by atoms with Crippen LogP contribution in [0.3, 0.4) is 0 Å². The number of anilines is 2. The van der Waals surface area contributed by atoms with E-state index in [1.165, 1.54) is 12.1 Å². The molecular formula is C30H36Cl2F2N4O4S. The molecule has 0 bridgehead atoms. The Morgan fingerprint density at radius 3 is 2.37 bits per heavy atom. The van der Waals surface area contributed by atoms with Crippen molar-refractivity contribution in [3.63, 3.8) is 0 Å². The maximum atomic E-state index is 14.1. The smallest absolute Gasteiger partial charge is 0.322 e. The van der Waals surface area contributed by atoms with Gasteiger partial charge in [-0.3, -0.25) is 9.62 Å². The Hall–Kier alpha value is -3.12. The molecule has 0 radical (unpaired) electrons. The van der Waals surface area contributed by atoms with Gasteiger partial charge in [0.15, 0.2) is 0 Å². The zero-order chi connectivity index (χ0) is 30.3. The lowest BCUT2D eigenvalue weighted by Crippen LogP contribution is -2.49. The second kappa shape index (κ2) is 15.6. The number of carbonyl (C=O) groups excluding carboxylic acids is 1. The van der Waals surface area contributed by atoms with E-state index < -0.39 is 21.7 Å². The van der Waals surface area contributed by atoms with Gasteiger partial charge in [0.1, 0.15) is 23.1 Å². The average molecular weight is 658 g/mol. The van der Waals surface area contributed by atoms with Gasteiger partial charge in [-0.25, -0.2) is 22.0 Å². The lowest BCUT2D eigenvalue weighted by Gasteiger charge is -2.38. The number of rotatable bonds is 11. The van der Waals surface area contributed by atoms with E-state index in [0.29, 0.717) is 23.7 Å². The second-order valence-electron chi connectivity index (χ2n) is 10.4. The molecule has 0 unspecified atom stereocenters. The summed E-state index contributed by atoms with van der Waals surface area (Å²) in [6, 6.07) is 15.1. The Kier molecular flexibility index (Phi) is 12.4. The van der Waals surface area contributed by atoms with Crippen LogP contribution in [0.4, 0.5) is 25.0 Å². The Morgan fingerprint density at radius 2 is 1.77 bits per heavy atom. The predicted molar refractivity (Wildman–Crippen MR) is 169 cm³/mol. The van der Waals surface area contributed by atoms with Crippen LogP contribution >= 0.6 is 24.0 Å². The van der Waals surface area contributed by atoms with E-state index in [0.717, 1.165) is 69.3 Å². The van der Waals surface area contributed by atoms with Gasteiger partial charge in [-0.15, -0.1) is 12.4 Å². The number of likely N-dealkylation sites (tertiary alicyclic amines) is 1. The Bertz CT molecular complexity index is 1490. The maximum absolute atomic E-state index is 14.1. The van der Waals surface area contributed by atoms with Crippen LogP contribution in [0, 0.1) is 11.6 Å². The highest BCUT2D eigenvalue weighted by molar-refractivity contribution is 7.92. The normalized spacial score (nSPS) is 14.1. The third-order valence-corrected chi connectivity index (χ3v) is 7.88. The van der Waals surface area contributed by atoms with Gasteiger partial charge in [-0.05, 0) is 67.3 Å². The Balaban J connectivity index is 0.00000506. The summed E-state index contributed by atoms with van der Waals surface area (Å²) < 4.78 is 58.5. The van der Waals surface area contributed by atoms with E-state index in [9.17, 15) is 22.0 Å². The van der Waals surface area contributed by atoms with Crippen LogP contribution in [0.5, 0.6) is 11.5 Å². The van der Waals surface area contributed by atoms with Gasteiger partial charge in [-0.2, -0.15) is 0 Å². The molecule has 0 atom stereocenters. The van der Waals surface area contributed by atoms with Crippen LogP contribution in [0.15, 0.2) is 60.7 Å². The summed E-state index contributed by atoms with van der Waals surface area (Å²) in [7, 11) is -3.41. The van der Waals surface area contributed by atoms with Crippen molar-refractivity contribution < 1.29 is 26.7 Å². The molecule has 1 saturated heterocycles. The minimum atomic E-state index is -3.41. The zero-order valence-corrected chi connectivity index (χ0v) is 26.4. The van der Waals surface area contributed by atoms with E-state index in [1.807, 2.05) is 24.3 Å². The summed E-state index contributed by atoms with van der Waals surface area (Å²) in [5.41, 5.74) is 1.42. The van der Waals surface area contributed by atoms with Gasteiger partial charge in [0.2, 0.25) is 10.0 Å². The lowest BCUT2D eigenvalue weighted by molar-refractivity contribution is 0.122. The van der Waals surface area contributed by atoms with Gasteiger partial charge in [0.05, 0.1) is 22.7 Å². The maximum Gasteiger partial charge on any atom is 0.322 e. The molecule has 13 heteroatoms. The van der Waals surface area contributed by atoms with Crippen molar-refractivity contribution in [2.45, 2.75) is 45.2 Å². The topological polar surface area (TPSA) is 91.0 Å². The lowest BCUT2D eigenvalue weighted by atomic mass is 10.0. The van der Waals surface area contributed by atoms with Crippen molar-refractivity contribution in [1.29, 1.82) is 0 Å². The van der Waals surface area contributed by atoms with Crippen molar-refractivity contribution in [2.24, 2.45) is 0 Å². The molecule has 1 aliphatic rings. The average Bonchev–Trinajstić information content (AvgIpc) is 2.93. The predicted octanol–water partition coefficient (Wildman–Crippen LogP) is 7.50. The zero-order valence-electron chi connectivity index (χ0n) is 24.0. The minimum Gasteiger partial charge on any atom is -0.456 e. The number of carbonyl (C=O) groups is 1. The molecule has 234 valence electrons. The molecule has 2 N–H and O–H groups in total. The molecule has 0 spiro atoms. The summed E-state index contributed by atoms with van der Waals surface area (Å²) in [4.78, 5) is 17.2. The first-order chi connectivity index (χ1) is 20.0. The number of benzene rings is 3. The molecule has 8 nitrogen and oxygen atoms in total. The second-order valence-corrected chi connectivity index (χ2v) is 12.5. The molecule has 4 rings (SSSR count). The molecule has 1 aliphatic heterocycles. The van der Waals surface area contributed by atoms with Crippen LogP contribution in [0.2, 0.25) is 5.02 Å². The Morgan fingerprint density at radius 1 is 1.07 bits per heavy atom. The van der Waals surface area contributed by atoms with Crippen molar-refractivity contribution in [3.8, 4) is 11.5 Å². The number of sulfonamides is 1. The fourth-order valence-electron chi connectivity index (χ4n) is 4.85. The first-order valence-corrected chi connectivity index (χ1v) is 16.1. The van der Waals surface area contributed by atoms with Gasteiger partial charge in [0.25, 0.3) is 0 Å². The number of ether oxygens (including phenoxy) is 1. The molecule has 1 fully saturated rings. The van der Waals surface area contributed by atoms with Gasteiger partial charge in [-0.1, -0.05) is 37.1 Å². The van der Waals surface area contributed by atoms with Gasteiger partial charge in [0, 0.05) is 38.3 Å². The number of piperidine rings is 1. The van der Waals surface area contributed by atoms with E-state index >= 15 is 0 Å². The fraction of sp³-hybridized carbons (Fsp3) is 0.367. The number of halogens is 4. The third-order valence-electron chi connectivity index (χ3n) is 6.98. The molecule has 1 heterocycles. The summed E-state index contributed by atoms with van der Waals surface area (Å²) in [5, 5.41) is 2.89. The summed E-state index contributed by atoms with van der Waals surface area (Å²) in [6.45, 7) is 4.96. The number of unbranched alkanes of at least 4 members (excludes halogenated alkanes) is 1. The first kappa shape index (κ1) is 34.4. The highest BCUT2D eigenvalue weighted by Gasteiger charge is 2.28. The molecule has 43 heavy (non-hydrogen) atoms. The van der Waals surface area contributed by atoms with E-state index in [4.69, 9.17) is 16.3 Å². The fourth-order valence-corrected chi connectivity index (χ4v) is 5.63. The summed E-state index contributed by atoms with van der Waals surface area (Å²) in [5.74, 6) is -0.487. The summed E-state index contributed by atoms with van der Waals surface area (Å²) in [6.07, 6.45) is 4.39. The quantitative estimate of drug-likeness (QED) is 0.223. The van der Waals surface area contributed by atoms with E-state index in [2.05, 4.69) is 21.9 Å². The van der Waals surface area contributed by atoms with E-state index in [1.54, 1.807) is 17.0 Å². The van der Waals surface area contributed by atoms with Crippen molar-refractivity contribution in [2.75, 3.05) is 35.9 Å². The number of hydrogen-bond donors (Lipinski definition) is 2. The molecular weight excluding hydrogens is 621 g/mol. The number of amides is 2. The van der Waals surface area contributed by atoms with Crippen LogP contribution in [0.25, 0.3) is 0 Å². The van der Waals surface area contributed by atoms with Gasteiger partial charge < -0.3 is 15.0 Å².